The van der Waals surface area contributed by atoms with Crippen LogP contribution in [-0.2, 0) is 38.1 Å². The summed E-state index contributed by atoms with van der Waals surface area (Å²) in [7, 11) is 0. The zero-order valence-electron chi connectivity index (χ0n) is 20.6. The van der Waals surface area contributed by atoms with E-state index in [1.165, 1.54) is 0 Å². The maximum Gasteiger partial charge on any atom is 0.378 e. The first-order valence-electron chi connectivity index (χ1n) is 10.5. The molecule has 0 saturated heterocycles. The number of ether oxygens (including phenoxy) is 4. The average Bonchev–Trinajstić information content (AvgIpc) is 2.83. The Morgan fingerprint density at radius 2 is 0.738 bits per heavy atom. The zero-order chi connectivity index (χ0) is 33.4. The molecule has 0 fully saturated rings. The lowest BCUT2D eigenvalue weighted by atomic mass is 9.92. The van der Waals surface area contributed by atoms with E-state index in [0.29, 0.717) is 0 Å². The van der Waals surface area contributed by atoms with E-state index < -0.39 is 109 Å². The van der Waals surface area contributed by atoms with E-state index in [0.717, 1.165) is 0 Å². The summed E-state index contributed by atoms with van der Waals surface area (Å²) in [5, 5.41) is 0. The third-order valence-electron chi connectivity index (χ3n) is 4.52. The molecule has 0 radical (unpaired) electrons. The highest BCUT2D eigenvalue weighted by Crippen LogP contribution is 2.55. The van der Waals surface area contributed by atoms with Gasteiger partial charge in [0.1, 0.15) is 25.4 Å². The Labute approximate surface area is 227 Å². The fourth-order valence-electron chi connectivity index (χ4n) is 2.48. The molecular weight excluding hydrogens is 620 g/mol. The molecule has 2 unspecified atom stereocenters. The largest absolute Gasteiger partial charge is 0.456 e. The summed E-state index contributed by atoms with van der Waals surface area (Å²) < 4.78 is 182. The molecule has 238 valence electrons. The second kappa shape index (κ2) is 14.3. The Morgan fingerprint density at radius 1 is 0.500 bits per heavy atom. The summed E-state index contributed by atoms with van der Waals surface area (Å²) in [4.78, 5) is 44.7. The van der Waals surface area contributed by atoms with Gasteiger partial charge in [0.2, 0.25) is 23.3 Å². The Morgan fingerprint density at radius 3 is 0.952 bits per heavy atom. The number of alkyl halides is 8. The molecular formula is C22H18F12O8. The van der Waals surface area contributed by atoms with Gasteiger partial charge >= 0.3 is 47.6 Å². The van der Waals surface area contributed by atoms with Crippen molar-refractivity contribution in [2.45, 2.75) is 48.7 Å². The quantitative estimate of drug-likeness (QED) is 0.0933. The molecule has 0 spiro atoms. The van der Waals surface area contributed by atoms with Crippen molar-refractivity contribution in [2.24, 2.45) is 0 Å². The van der Waals surface area contributed by atoms with Crippen molar-refractivity contribution < 1.29 is 90.8 Å². The molecule has 0 aliphatic carbocycles. The number of carbonyl (C=O) groups is 4. The predicted octanol–water partition coefficient (Wildman–Crippen LogP) is 5.15. The van der Waals surface area contributed by atoms with Gasteiger partial charge in [0.05, 0.1) is 12.8 Å². The molecule has 20 heteroatoms. The summed E-state index contributed by atoms with van der Waals surface area (Å²) in [5.41, 5.74) is 0. The third-order valence-corrected chi connectivity index (χ3v) is 4.52. The van der Waals surface area contributed by atoms with Crippen LogP contribution in [0.2, 0.25) is 0 Å². The molecule has 0 bridgehead atoms. The lowest BCUT2D eigenvalue weighted by Gasteiger charge is -2.38. The van der Waals surface area contributed by atoms with Crippen LogP contribution in [0.15, 0.2) is 49.6 Å². The molecule has 0 heterocycles. The minimum atomic E-state index is -7.16. The molecule has 0 aliphatic heterocycles. The van der Waals surface area contributed by atoms with E-state index in [9.17, 15) is 71.9 Å². The first-order valence-corrected chi connectivity index (χ1v) is 10.5. The van der Waals surface area contributed by atoms with E-state index >= 15 is 0 Å². The van der Waals surface area contributed by atoms with Gasteiger partial charge in [-0.15, -0.1) is 0 Å². The molecule has 0 N–H and O–H groups in total. The van der Waals surface area contributed by atoms with Gasteiger partial charge in [-0.25, -0.2) is 19.2 Å². The number of rotatable bonds is 17. The maximum absolute atomic E-state index is 14.4. The highest BCUT2D eigenvalue weighted by molar-refractivity contribution is 5.86. The molecule has 0 aromatic carbocycles. The van der Waals surface area contributed by atoms with Gasteiger partial charge in [-0.05, 0) is 0 Å². The standard InChI is InChI=1S/C22H18F12O8/c1-9(23)15(35)39-7-13(41-17(37)11(3)25)5-19(27,28)21(31,32)22(33,34)20(29,30)6-14(42-18(38)12(4)26)8-40-16(36)10(2)24/h13-14H,1-8H2. The molecule has 42 heavy (non-hydrogen) atoms. The first-order chi connectivity index (χ1) is 18.8. The van der Waals surface area contributed by atoms with E-state index in [1.54, 1.807) is 0 Å². The normalized spacial score (nSPS) is 13.7. The van der Waals surface area contributed by atoms with Crippen LogP contribution in [0.1, 0.15) is 12.8 Å². The van der Waals surface area contributed by atoms with Crippen LogP contribution in [0.5, 0.6) is 0 Å². The number of esters is 4. The minimum Gasteiger partial charge on any atom is -0.456 e. The van der Waals surface area contributed by atoms with Crippen molar-refractivity contribution in [1.82, 2.24) is 0 Å². The zero-order valence-corrected chi connectivity index (χ0v) is 20.6. The van der Waals surface area contributed by atoms with E-state index in [4.69, 9.17) is 0 Å². The fourth-order valence-corrected chi connectivity index (χ4v) is 2.48. The van der Waals surface area contributed by atoms with Gasteiger partial charge in [-0.3, -0.25) is 0 Å². The topological polar surface area (TPSA) is 105 Å². The van der Waals surface area contributed by atoms with E-state index in [-0.39, 0.29) is 0 Å². The van der Waals surface area contributed by atoms with Crippen molar-refractivity contribution >= 4 is 23.9 Å². The molecule has 0 amide bonds. The van der Waals surface area contributed by atoms with Crippen LogP contribution in [-0.4, -0.2) is 73.0 Å². The van der Waals surface area contributed by atoms with Gasteiger partial charge in [0.25, 0.3) is 0 Å². The highest BCUT2D eigenvalue weighted by atomic mass is 19.4. The molecule has 0 rings (SSSR count). The summed E-state index contributed by atoms with van der Waals surface area (Å²) in [6.45, 7) is 5.79. The van der Waals surface area contributed by atoms with Gasteiger partial charge in [0, 0.05) is 0 Å². The van der Waals surface area contributed by atoms with Crippen LogP contribution in [0.25, 0.3) is 0 Å². The Balaban J connectivity index is 6.28. The van der Waals surface area contributed by atoms with Crippen molar-refractivity contribution in [2.75, 3.05) is 13.2 Å². The Bertz CT molecular complexity index is 1030. The van der Waals surface area contributed by atoms with Crippen molar-refractivity contribution in [1.29, 1.82) is 0 Å². The maximum atomic E-state index is 14.4. The monoisotopic (exact) mass is 638 g/mol. The fraction of sp³-hybridized carbons (Fsp3) is 0.455. The lowest BCUT2D eigenvalue weighted by molar-refractivity contribution is -0.372. The van der Waals surface area contributed by atoms with Crippen LogP contribution < -0.4 is 0 Å². The second-order valence-corrected chi connectivity index (χ2v) is 7.84. The molecule has 0 aromatic rings. The Hall–Kier alpha value is -4.00. The summed E-state index contributed by atoms with van der Waals surface area (Å²) >= 11 is 0. The lowest BCUT2D eigenvalue weighted by Crippen LogP contribution is -2.63. The molecule has 0 aliphatic rings. The van der Waals surface area contributed by atoms with Crippen molar-refractivity contribution in [3.8, 4) is 0 Å². The predicted molar refractivity (Wildman–Crippen MR) is 112 cm³/mol. The minimum absolute atomic E-state index is 1.84. The second-order valence-electron chi connectivity index (χ2n) is 7.84. The molecule has 8 nitrogen and oxygen atoms in total. The van der Waals surface area contributed by atoms with Crippen molar-refractivity contribution in [3.05, 3.63) is 49.6 Å². The highest BCUT2D eigenvalue weighted by Gasteiger charge is 2.80. The number of hydrogen-bond acceptors (Lipinski definition) is 8. The van der Waals surface area contributed by atoms with Gasteiger partial charge in [-0.2, -0.15) is 52.7 Å². The number of halogens is 12. The van der Waals surface area contributed by atoms with Crippen molar-refractivity contribution in [3.63, 3.8) is 0 Å². The van der Waals surface area contributed by atoms with Gasteiger partial charge < -0.3 is 18.9 Å². The molecule has 0 aromatic heterocycles. The summed E-state index contributed by atoms with van der Waals surface area (Å²) in [6.07, 6.45) is -11.8. The smallest absolute Gasteiger partial charge is 0.378 e. The summed E-state index contributed by atoms with van der Waals surface area (Å²) in [5.74, 6) is -43.8. The average molecular weight is 638 g/mol. The first kappa shape index (κ1) is 38.0. The number of hydrogen-bond donors (Lipinski definition) is 0. The van der Waals surface area contributed by atoms with Crippen LogP contribution in [0, 0.1) is 0 Å². The van der Waals surface area contributed by atoms with E-state index in [1.807, 2.05) is 0 Å². The third kappa shape index (κ3) is 9.82. The summed E-state index contributed by atoms with van der Waals surface area (Å²) in [6, 6.07) is 0. The van der Waals surface area contributed by atoms with Gasteiger partial charge in [0.15, 0.2) is 0 Å². The van der Waals surface area contributed by atoms with Crippen LogP contribution in [0.4, 0.5) is 52.7 Å². The van der Waals surface area contributed by atoms with Gasteiger partial charge in [-0.1, -0.05) is 26.3 Å². The van der Waals surface area contributed by atoms with Crippen LogP contribution in [0.3, 0.4) is 0 Å². The number of carbonyl (C=O) groups excluding carboxylic acids is 4. The van der Waals surface area contributed by atoms with E-state index in [2.05, 4.69) is 45.3 Å². The molecule has 0 saturated carbocycles. The Kier molecular flexibility index (Phi) is 12.9. The molecule has 2 atom stereocenters. The van der Waals surface area contributed by atoms with Crippen LogP contribution >= 0.6 is 0 Å². The SMILES string of the molecule is C=C(F)C(=O)OCC(CC(F)(F)C(F)(F)C(F)(F)C(F)(F)CC(COC(=O)C(=C)F)OC(=O)C(=C)F)OC(=O)C(=C)F.